The number of benzene rings is 1. The average molecular weight is 651 g/mol. The molecule has 32 heavy (non-hydrogen) atoms. The first-order valence-corrected chi connectivity index (χ1v) is 20.3. The maximum atomic E-state index is 6.45. The third kappa shape index (κ3) is 6.74. The molecule has 0 amide bonds. The number of halogens is 2. The summed E-state index contributed by atoms with van der Waals surface area (Å²) < 4.78 is 0. The van der Waals surface area contributed by atoms with E-state index >= 15 is 0 Å². The second-order valence-electron chi connectivity index (χ2n) is 12.6. The number of anilines is 2. The van der Waals surface area contributed by atoms with Gasteiger partial charge in [-0.25, -0.2) is 0 Å². The molecule has 1 aromatic rings. The summed E-state index contributed by atoms with van der Waals surface area (Å²) >= 11 is 20.2. The van der Waals surface area contributed by atoms with Crippen molar-refractivity contribution in [2.24, 2.45) is 0 Å². The standard InChI is InChI=1S/C24H44Cl2N2P2Se2/c1-21(2,3)29(31,22(4,5)6)15-27-19-13-17(25)18(26)14-20(19)28-16-30(32,23(7,8)9)24(10,11)12/h13-14,27-28H,15-16H2,1-12H3. The molecule has 0 aliphatic rings. The Balaban J connectivity index is 3.38. The predicted octanol–water partition coefficient (Wildman–Crippen LogP) is 9.13. The van der Waals surface area contributed by atoms with Gasteiger partial charge >= 0.3 is 225 Å². The molecule has 1 rings (SSSR count). The zero-order valence-electron chi connectivity index (χ0n) is 22.0. The minimum atomic E-state index is -1.49. The van der Waals surface area contributed by atoms with E-state index in [1.807, 2.05) is 12.1 Å². The molecular weight excluding hydrogens is 607 g/mol. The summed E-state index contributed by atoms with van der Waals surface area (Å²) in [7, 11) is 0. The van der Waals surface area contributed by atoms with Crippen LogP contribution in [0, 0.1) is 0 Å². The summed E-state index contributed by atoms with van der Waals surface area (Å²) in [5, 5.41) is 9.40. The first-order valence-electron chi connectivity index (χ1n) is 11.1. The van der Waals surface area contributed by atoms with Crippen molar-refractivity contribution in [3.8, 4) is 0 Å². The first-order chi connectivity index (χ1) is 14.0. The van der Waals surface area contributed by atoms with Crippen LogP contribution < -0.4 is 10.6 Å². The topological polar surface area (TPSA) is 24.1 Å². The van der Waals surface area contributed by atoms with Crippen molar-refractivity contribution in [3.05, 3.63) is 22.2 Å². The molecule has 0 atom stereocenters. The average Bonchev–Trinajstić information content (AvgIpc) is 2.56. The monoisotopic (exact) mass is 652 g/mol. The van der Waals surface area contributed by atoms with E-state index in [0.717, 1.165) is 23.9 Å². The van der Waals surface area contributed by atoms with Gasteiger partial charge in [-0.3, -0.25) is 0 Å². The van der Waals surface area contributed by atoms with Crippen molar-refractivity contribution in [1.29, 1.82) is 0 Å². The number of rotatable bonds is 6. The molecule has 0 radical (unpaired) electrons. The second-order valence-corrected chi connectivity index (χ2v) is 30.3. The molecule has 0 saturated carbocycles. The minimum absolute atomic E-state index is 0.180. The zero-order valence-corrected chi connectivity index (χ0v) is 28.8. The fourth-order valence-corrected chi connectivity index (χ4v) is 12.0. The van der Waals surface area contributed by atoms with Crippen LogP contribution in [0.3, 0.4) is 0 Å². The molecule has 2 N–H and O–H groups in total. The van der Waals surface area contributed by atoms with E-state index in [2.05, 4.69) is 124 Å². The van der Waals surface area contributed by atoms with Gasteiger partial charge in [0.1, 0.15) is 0 Å². The quantitative estimate of drug-likeness (QED) is 0.237. The molecule has 0 saturated heterocycles. The summed E-state index contributed by atoms with van der Waals surface area (Å²) in [5.41, 5.74) is -0.955. The van der Waals surface area contributed by atoms with Crippen LogP contribution in [0.15, 0.2) is 12.1 Å². The van der Waals surface area contributed by atoms with Crippen LogP contribution in [0.5, 0.6) is 0 Å². The fourth-order valence-electron chi connectivity index (χ4n) is 4.19. The van der Waals surface area contributed by atoms with Gasteiger partial charge in [0.15, 0.2) is 0 Å². The van der Waals surface area contributed by atoms with Crippen LogP contribution >= 0.6 is 34.2 Å². The van der Waals surface area contributed by atoms with E-state index in [9.17, 15) is 0 Å². The molecule has 0 aromatic heterocycles. The van der Waals surface area contributed by atoms with Crippen molar-refractivity contribution in [1.82, 2.24) is 0 Å². The third-order valence-electron chi connectivity index (χ3n) is 6.38. The summed E-state index contributed by atoms with van der Waals surface area (Å²) in [6.45, 7) is 28.1. The molecule has 8 heteroatoms. The van der Waals surface area contributed by atoms with Gasteiger partial charge in [0.05, 0.1) is 0 Å². The molecule has 0 unspecified atom stereocenters. The summed E-state index contributed by atoms with van der Waals surface area (Å²) in [4.78, 5) is 0. The van der Waals surface area contributed by atoms with Crippen LogP contribution in [0.2, 0.25) is 10.0 Å². The van der Waals surface area contributed by atoms with Gasteiger partial charge < -0.3 is 0 Å². The predicted molar refractivity (Wildman–Crippen MR) is 158 cm³/mol. The van der Waals surface area contributed by atoms with Gasteiger partial charge in [-0.1, -0.05) is 0 Å². The van der Waals surface area contributed by atoms with Gasteiger partial charge in [-0.2, -0.15) is 0 Å². The maximum absolute atomic E-state index is 6.45. The Hall–Kier alpha value is 1.30. The van der Waals surface area contributed by atoms with Crippen molar-refractivity contribution in [3.63, 3.8) is 0 Å². The zero-order chi connectivity index (χ0) is 25.6. The Morgan fingerprint density at radius 1 is 0.594 bits per heavy atom. The fraction of sp³-hybridized carbons (Fsp3) is 0.750. The Labute approximate surface area is 223 Å². The van der Waals surface area contributed by atoms with Crippen LogP contribution in [0.4, 0.5) is 11.4 Å². The van der Waals surface area contributed by atoms with Gasteiger partial charge in [0.2, 0.25) is 0 Å². The molecule has 0 aliphatic heterocycles. The SMILES string of the molecule is CC(C)(C)P(=[Se])(CNc1cc(Cl)c(Cl)cc1NCP(=[Se])(C(C)(C)C)C(C)(C)C)C(C)(C)C. The molecular formula is C24H44Cl2N2P2Se2. The van der Waals surface area contributed by atoms with Crippen LogP contribution in [-0.2, 0) is 0 Å². The number of nitrogens with one attached hydrogen (secondary N) is 2. The van der Waals surface area contributed by atoms with E-state index in [4.69, 9.17) is 23.2 Å². The molecule has 0 fully saturated rings. The Morgan fingerprint density at radius 2 is 0.812 bits per heavy atom. The van der Waals surface area contributed by atoms with E-state index in [1.165, 1.54) is 0 Å². The Bertz CT molecular complexity index is 807. The number of hydrogen-bond acceptors (Lipinski definition) is 2. The van der Waals surface area contributed by atoms with Crippen molar-refractivity contribution >= 4 is 75.8 Å². The molecule has 186 valence electrons. The summed E-state index contributed by atoms with van der Waals surface area (Å²) in [6.07, 6.45) is 1.79. The van der Waals surface area contributed by atoms with E-state index in [-0.39, 0.29) is 20.6 Å². The number of hydrogen-bond donors (Lipinski definition) is 2. The van der Waals surface area contributed by atoms with Crippen molar-refractivity contribution in [2.45, 2.75) is 104 Å². The van der Waals surface area contributed by atoms with E-state index in [0.29, 0.717) is 10.0 Å². The van der Waals surface area contributed by atoms with E-state index < -0.39 is 11.0 Å². The van der Waals surface area contributed by atoms with Crippen LogP contribution in [-0.4, -0.2) is 63.4 Å². The molecule has 1 aromatic carbocycles. The molecule has 2 nitrogen and oxygen atoms in total. The second kappa shape index (κ2) is 10.3. The van der Waals surface area contributed by atoms with Gasteiger partial charge in [-0.05, 0) is 0 Å². The van der Waals surface area contributed by atoms with Crippen molar-refractivity contribution in [2.75, 3.05) is 23.2 Å². The van der Waals surface area contributed by atoms with E-state index in [1.54, 1.807) is 0 Å². The first kappa shape index (κ1) is 31.3. The summed E-state index contributed by atoms with van der Waals surface area (Å²) in [6, 6.07) is 3.94. The Kier molecular flexibility index (Phi) is 10.1. The summed E-state index contributed by atoms with van der Waals surface area (Å²) in [5.74, 6) is 0. The van der Waals surface area contributed by atoms with Gasteiger partial charge in [0, 0.05) is 0 Å². The normalized spacial score (nSPS) is 14.4. The molecule has 0 spiro atoms. The molecule has 0 bridgehead atoms. The Morgan fingerprint density at radius 3 is 1.00 bits per heavy atom. The van der Waals surface area contributed by atoms with Gasteiger partial charge in [0.25, 0.3) is 0 Å². The third-order valence-corrected chi connectivity index (χ3v) is 32.4. The van der Waals surface area contributed by atoms with Crippen molar-refractivity contribution < 1.29 is 0 Å². The van der Waals surface area contributed by atoms with Crippen LogP contribution in [0.1, 0.15) is 83.1 Å². The molecule has 0 aliphatic carbocycles. The van der Waals surface area contributed by atoms with Gasteiger partial charge in [-0.15, -0.1) is 0 Å². The van der Waals surface area contributed by atoms with Crippen LogP contribution in [0.25, 0.3) is 0 Å². The molecule has 0 heterocycles.